The summed E-state index contributed by atoms with van der Waals surface area (Å²) >= 11 is 0. The van der Waals surface area contributed by atoms with Gasteiger partial charge in [0.2, 0.25) is 0 Å². The molecule has 2 aromatic carbocycles. The van der Waals surface area contributed by atoms with Gasteiger partial charge in [0.05, 0.1) is 5.75 Å². The summed E-state index contributed by atoms with van der Waals surface area (Å²) in [5, 5.41) is 3.59. The first-order valence-corrected chi connectivity index (χ1v) is 8.58. The van der Waals surface area contributed by atoms with Crippen molar-refractivity contribution < 1.29 is 17.6 Å². The average Bonchev–Trinajstić information content (AvgIpc) is 2.43. The zero-order valence-electron chi connectivity index (χ0n) is 11.6. The van der Waals surface area contributed by atoms with Crippen molar-refractivity contribution in [3.8, 4) is 0 Å². The maximum absolute atomic E-state index is 13.7. The van der Waals surface area contributed by atoms with Crippen molar-refractivity contribution in [3.63, 3.8) is 0 Å². The highest BCUT2D eigenvalue weighted by atomic mass is 32.2. The van der Waals surface area contributed by atoms with Crippen LogP contribution < -0.4 is 5.32 Å². The normalized spacial score (nSPS) is 11.5. The minimum atomic E-state index is -3.03. The summed E-state index contributed by atoms with van der Waals surface area (Å²) < 4.78 is 35.7. The van der Waals surface area contributed by atoms with Crippen LogP contribution in [-0.4, -0.2) is 32.9 Å². The van der Waals surface area contributed by atoms with Gasteiger partial charge < -0.3 is 5.32 Å². The lowest BCUT2D eigenvalue weighted by Crippen LogP contribution is -2.26. The minimum absolute atomic E-state index is 0.0252. The Labute approximate surface area is 122 Å². The largest absolute Gasteiger partial charge is 0.352 e. The van der Waals surface area contributed by atoms with E-state index in [1.807, 2.05) is 0 Å². The van der Waals surface area contributed by atoms with Gasteiger partial charge in [-0.2, -0.15) is 0 Å². The fourth-order valence-electron chi connectivity index (χ4n) is 2.09. The number of hydrogen-bond acceptors (Lipinski definition) is 3. The van der Waals surface area contributed by atoms with E-state index in [1.54, 1.807) is 24.3 Å². The van der Waals surface area contributed by atoms with Gasteiger partial charge in [-0.15, -0.1) is 0 Å². The van der Waals surface area contributed by atoms with E-state index in [9.17, 15) is 17.6 Å². The lowest BCUT2D eigenvalue weighted by molar-refractivity contribution is 0.0955. The number of amides is 1. The van der Waals surface area contributed by atoms with E-state index in [-0.39, 0.29) is 24.0 Å². The SMILES string of the molecule is CS(=O)(=O)CCCNC(=O)c1ccc(F)c2ccccc12. The highest BCUT2D eigenvalue weighted by Crippen LogP contribution is 2.21. The van der Waals surface area contributed by atoms with Crippen molar-refractivity contribution in [3.05, 3.63) is 47.8 Å². The van der Waals surface area contributed by atoms with Crippen LogP contribution in [0.4, 0.5) is 4.39 Å². The van der Waals surface area contributed by atoms with Crippen molar-refractivity contribution in [1.82, 2.24) is 5.32 Å². The molecule has 0 saturated heterocycles. The Morgan fingerprint density at radius 1 is 1.14 bits per heavy atom. The van der Waals surface area contributed by atoms with Crippen molar-refractivity contribution in [1.29, 1.82) is 0 Å². The number of halogens is 1. The number of hydrogen-bond donors (Lipinski definition) is 1. The second kappa shape index (κ2) is 6.22. The number of sulfone groups is 1. The van der Waals surface area contributed by atoms with E-state index in [0.29, 0.717) is 22.8 Å². The van der Waals surface area contributed by atoms with Crippen LogP contribution in [0.25, 0.3) is 10.8 Å². The molecule has 2 aromatic rings. The Bertz CT molecular complexity index is 772. The Kier molecular flexibility index (Phi) is 4.57. The standard InChI is InChI=1S/C15H16FNO3S/c1-21(19,20)10-4-9-17-15(18)13-7-8-14(16)12-6-3-2-5-11(12)13/h2-3,5-8H,4,9-10H2,1H3,(H,17,18). The van der Waals surface area contributed by atoms with Crippen LogP contribution in [0.5, 0.6) is 0 Å². The number of rotatable bonds is 5. The second-order valence-electron chi connectivity index (χ2n) is 4.88. The van der Waals surface area contributed by atoms with Gasteiger partial charge in [0.1, 0.15) is 15.7 Å². The maximum Gasteiger partial charge on any atom is 0.251 e. The number of carbonyl (C=O) groups is 1. The predicted octanol–water partition coefficient (Wildman–Crippen LogP) is 2.14. The van der Waals surface area contributed by atoms with Gasteiger partial charge in [0.25, 0.3) is 5.91 Å². The third-order valence-corrected chi connectivity index (χ3v) is 4.12. The van der Waals surface area contributed by atoms with Crippen LogP contribution >= 0.6 is 0 Å². The summed E-state index contributed by atoms with van der Waals surface area (Å²) in [6, 6.07) is 9.44. The quantitative estimate of drug-likeness (QED) is 0.861. The van der Waals surface area contributed by atoms with Gasteiger partial charge in [0.15, 0.2) is 0 Å². The number of nitrogens with one attached hydrogen (secondary N) is 1. The van der Waals surface area contributed by atoms with Gasteiger partial charge in [-0.25, -0.2) is 12.8 Å². The predicted molar refractivity (Wildman–Crippen MR) is 80.6 cm³/mol. The Hall–Kier alpha value is -1.95. The van der Waals surface area contributed by atoms with Gasteiger partial charge in [0, 0.05) is 23.8 Å². The summed E-state index contributed by atoms with van der Waals surface area (Å²) in [7, 11) is -3.03. The van der Waals surface area contributed by atoms with E-state index in [2.05, 4.69) is 5.32 Å². The third-order valence-electron chi connectivity index (χ3n) is 3.09. The average molecular weight is 309 g/mol. The summed E-state index contributed by atoms with van der Waals surface area (Å²) in [6.07, 6.45) is 1.51. The van der Waals surface area contributed by atoms with Crippen LogP contribution in [0.2, 0.25) is 0 Å². The molecule has 0 fully saturated rings. The molecule has 0 aromatic heterocycles. The lowest BCUT2D eigenvalue weighted by atomic mass is 10.0. The van der Waals surface area contributed by atoms with E-state index in [4.69, 9.17) is 0 Å². The number of carbonyl (C=O) groups excluding carboxylic acids is 1. The number of benzene rings is 2. The van der Waals surface area contributed by atoms with Crippen LogP contribution in [0.15, 0.2) is 36.4 Å². The second-order valence-corrected chi connectivity index (χ2v) is 7.14. The van der Waals surface area contributed by atoms with E-state index in [0.717, 1.165) is 6.26 Å². The molecule has 21 heavy (non-hydrogen) atoms. The van der Waals surface area contributed by atoms with Gasteiger partial charge >= 0.3 is 0 Å². The summed E-state index contributed by atoms with van der Waals surface area (Å²) in [4.78, 5) is 12.1. The first kappa shape index (κ1) is 15.4. The molecule has 0 heterocycles. The van der Waals surface area contributed by atoms with Crippen molar-refractivity contribution >= 4 is 26.5 Å². The first-order valence-electron chi connectivity index (χ1n) is 6.51. The van der Waals surface area contributed by atoms with E-state index < -0.39 is 9.84 Å². The molecule has 6 heteroatoms. The molecule has 0 aliphatic carbocycles. The molecular weight excluding hydrogens is 293 g/mol. The van der Waals surface area contributed by atoms with E-state index >= 15 is 0 Å². The minimum Gasteiger partial charge on any atom is -0.352 e. The fraction of sp³-hybridized carbons (Fsp3) is 0.267. The molecule has 0 radical (unpaired) electrons. The highest BCUT2D eigenvalue weighted by molar-refractivity contribution is 7.90. The summed E-state index contributed by atoms with van der Waals surface area (Å²) in [6.45, 7) is 0.262. The molecule has 112 valence electrons. The van der Waals surface area contributed by atoms with Crippen molar-refractivity contribution in [2.24, 2.45) is 0 Å². The van der Waals surface area contributed by atoms with Crippen molar-refractivity contribution in [2.45, 2.75) is 6.42 Å². The van der Waals surface area contributed by atoms with Crippen LogP contribution in [0.3, 0.4) is 0 Å². The van der Waals surface area contributed by atoms with Crippen LogP contribution in [0.1, 0.15) is 16.8 Å². The molecule has 0 bridgehead atoms. The van der Waals surface area contributed by atoms with Gasteiger partial charge in [-0.1, -0.05) is 24.3 Å². The Morgan fingerprint density at radius 2 is 1.81 bits per heavy atom. The molecular formula is C15H16FNO3S. The monoisotopic (exact) mass is 309 g/mol. The first-order chi connectivity index (χ1) is 9.88. The molecule has 0 atom stereocenters. The van der Waals surface area contributed by atoms with Crippen molar-refractivity contribution in [2.75, 3.05) is 18.6 Å². The lowest BCUT2D eigenvalue weighted by Gasteiger charge is -2.08. The topological polar surface area (TPSA) is 63.2 Å². The van der Waals surface area contributed by atoms with Gasteiger partial charge in [-0.3, -0.25) is 4.79 Å². The Balaban J connectivity index is 2.12. The molecule has 0 spiro atoms. The molecule has 1 amide bonds. The molecule has 0 unspecified atom stereocenters. The zero-order valence-corrected chi connectivity index (χ0v) is 12.4. The molecule has 0 aliphatic rings. The summed E-state index contributed by atoms with van der Waals surface area (Å²) in [5.41, 5.74) is 0.381. The molecule has 4 nitrogen and oxygen atoms in total. The molecule has 0 aliphatic heterocycles. The zero-order chi connectivity index (χ0) is 15.5. The summed E-state index contributed by atoms with van der Waals surface area (Å²) in [5.74, 6) is -0.684. The number of fused-ring (bicyclic) bond motifs is 1. The Morgan fingerprint density at radius 3 is 2.48 bits per heavy atom. The smallest absolute Gasteiger partial charge is 0.251 e. The highest BCUT2D eigenvalue weighted by Gasteiger charge is 2.12. The maximum atomic E-state index is 13.7. The van der Waals surface area contributed by atoms with Crippen LogP contribution in [0, 0.1) is 5.82 Å². The molecule has 0 saturated carbocycles. The third kappa shape index (κ3) is 4.01. The molecule has 2 rings (SSSR count). The van der Waals surface area contributed by atoms with Gasteiger partial charge in [-0.05, 0) is 23.9 Å². The fourth-order valence-corrected chi connectivity index (χ4v) is 2.76. The van der Waals surface area contributed by atoms with E-state index in [1.165, 1.54) is 12.1 Å². The van der Waals surface area contributed by atoms with Crippen LogP contribution in [-0.2, 0) is 9.84 Å². The molecule has 1 N–H and O–H groups in total.